The van der Waals surface area contributed by atoms with Crippen molar-refractivity contribution in [1.29, 1.82) is 0 Å². The molecule has 1 aromatic carbocycles. The lowest BCUT2D eigenvalue weighted by Gasteiger charge is -2.18. The van der Waals surface area contributed by atoms with Crippen molar-refractivity contribution in [3.8, 4) is 0 Å². The van der Waals surface area contributed by atoms with Crippen molar-refractivity contribution >= 4 is 11.9 Å². The predicted molar refractivity (Wildman–Crippen MR) is 71.2 cm³/mol. The number of carbonyl (C=O) groups excluding carboxylic acids is 2. The number of carbonyl (C=O) groups is 2. The minimum Gasteiger partial charge on any atom is -0.469 e. The number of hydrogen-bond acceptors (Lipinski definition) is 3. The summed E-state index contributed by atoms with van der Waals surface area (Å²) < 4.78 is 17.6. The molecule has 1 aliphatic rings. The van der Waals surface area contributed by atoms with Gasteiger partial charge in [0, 0.05) is 5.92 Å². The first-order valence-electron chi connectivity index (χ1n) is 6.64. The second-order valence-corrected chi connectivity index (χ2v) is 5.21. The fourth-order valence-corrected chi connectivity index (χ4v) is 2.16. The highest BCUT2D eigenvalue weighted by Crippen LogP contribution is 2.38. The molecule has 5 heteroatoms. The van der Waals surface area contributed by atoms with Crippen LogP contribution in [-0.2, 0) is 14.3 Å². The van der Waals surface area contributed by atoms with E-state index in [1.807, 2.05) is 6.92 Å². The zero-order chi connectivity index (χ0) is 14.7. The van der Waals surface area contributed by atoms with Crippen molar-refractivity contribution < 1.29 is 18.7 Å². The Kier molecular flexibility index (Phi) is 4.37. The van der Waals surface area contributed by atoms with E-state index in [0.29, 0.717) is 11.5 Å². The Balaban J connectivity index is 2.09. The summed E-state index contributed by atoms with van der Waals surface area (Å²) >= 11 is 0. The molecular weight excluding hydrogens is 261 g/mol. The molecule has 1 saturated carbocycles. The molecule has 0 radical (unpaired) electrons. The van der Waals surface area contributed by atoms with E-state index in [4.69, 9.17) is 0 Å². The molecule has 0 bridgehead atoms. The summed E-state index contributed by atoms with van der Waals surface area (Å²) in [5, 5.41) is 2.85. The maximum atomic E-state index is 13.0. The van der Waals surface area contributed by atoms with E-state index in [1.165, 1.54) is 19.2 Å². The summed E-state index contributed by atoms with van der Waals surface area (Å²) in [6.07, 6.45) is 0.912. The number of benzene rings is 1. The lowest BCUT2D eigenvalue weighted by Crippen LogP contribution is -2.32. The van der Waals surface area contributed by atoms with Gasteiger partial charge in [-0.1, -0.05) is 19.1 Å². The molecule has 1 fully saturated rings. The van der Waals surface area contributed by atoms with Crippen LogP contribution in [0.5, 0.6) is 0 Å². The van der Waals surface area contributed by atoms with Gasteiger partial charge in [0.15, 0.2) is 0 Å². The summed E-state index contributed by atoms with van der Waals surface area (Å²) in [5.41, 5.74) is 0.693. The van der Waals surface area contributed by atoms with E-state index >= 15 is 0 Å². The second kappa shape index (κ2) is 6.03. The number of esters is 1. The van der Waals surface area contributed by atoms with Crippen LogP contribution in [0.25, 0.3) is 0 Å². The molecule has 1 N–H and O–H groups in total. The van der Waals surface area contributed by atoms with Crippen LogP contribution in [0.3, 0.4) is 0 Å². The topological polar surface area (TPSA) is 55.4 Å². The molecule has 0 saturated heterocycles. The van der Waals surface area contributed by atoms with Crippen molar-refractivity contribution in [2.45, 2.75) is 25.8 Å². The van der Waals surface area contributed by atoms with Crippen molar-refractivity contribution in [3.63, 3.8) is 0 Å². The molecule has 0 aromatic heterocycles. The van der Waals surface area contributed by atoms with Gasteiger partial charge in [0.25, 0.3) is 0 Å². The van der Waals surface area contributed by atoms with Crippen LogP contribution >= 0.6 is 0 Å². The number of ether oxygens (including phenoxy) is 1. The van der Waals surface area contributed by atoms with E-state index in [0.717, 1.165) is 6.42 Å². The van der Waals surface area contributed by atoms with Crippen LogP contribution in [0, 0.1) is 17.7 Å². The van der Waals surface area contributed by atoms with Gasteiger partial charge < -0.3 is 10.1 Å². The first-order valence-corrected chi connectivity index (χ1v) is 6.64. The van der Waals surface area contributed by atoms with Crippen LogP contribution in [0.1, 0.15) is 31.4 Å². The van der Waals surface area contributed by atoms with E-state index in [2.05, 4.69) is 10.1 Å². The van der Waals surface area contributed by atoms with Crippen molar-refractivity contribution in [1.82, 2.24) is 5.32 Å². The zero-order valence-electron chi connectivity index (χ0n) is 11.6. The lowest BCUT2D eigenvalue weighted by atomic mass is 10.0. The maximum Gasteiger partial charge on any atom is 0.307 e. The molecule has 0 aliphatic heterocycles. The molecule has 0 unspecified atom stereocenters. The Morgan fingerprint density at radius 3 is 2.50 bits per heavy atom. The van der Waals surface area contributed by atoms with Crippen LogP contribution in [0.4, 0.5) is 4.39 Å². The molecule has 20 heavy (non-hydrogen) atoms. The molecule has 3 atom stereocenters. The van der Waals surface area contributed by atoms with Crippen molar-refractivity contribution in [3.05, 3.63) is 35.6 Å². The number of rotatable bonds is 5. The molecule has 108 valence electrons. The lowest BCUT2D eigenvalue weighted by molar-refractivity contribution is -0.141. The monoisotopic (exact) mass is 279 g/mol. The van der Waals surface area contributed by atoms with Gasteiger partial charge in [0.2, 0.25) is 5.91 Å². The van der Waals surface area contributed by atoms with E-state index in [-0.39, 0.29) is 24.1 Å². The molecule has 4 nitrogen and oxygen atoms in total. The SMILES string of the molecule is COC(=O)C[C@H](NC(=O)[C@@H]1C[C@H]1C)c1ccc(F)cc1. The number of methoxy groups -OCH3 is 1. The fourth-order valence-electron chi connectivity index (χ4n) is 2.16. The third-order valence-corrected chi connectivity index (χ3v) is 3.63. The minimum absolute atomic E-state index is 0.0237. The second-order valence-electron chi connectivity index (χ2n) is 5.21. The van der Waals surface area contributed by atoms with Gasteiger partial charge >= 0.3 is 5.97 Å². The Labute approximate surface area is 117 Å². The third-order valence-electron chi connectivity index (χ3n) is 3.63. The van der Waals surface area contributed by atoms with E-state index < -0.39 is 12.0 Å². The molecule has 0 spiro atoms. The third kappa shape index (κ3) is 3.56. The highest BCUT2D eigenvalue weighted by Gasteiger charge is 2.40. The summed E-state index contributed by atoms with van der Waals surface area (Å²) in [5.74, 6) is -0.413. The quantitative estimate of drug-likeness (QED) is 0.841. The van der Waals surface area contributed by atoms with Crippen molar-refractivity contribution in [2.75, 3.05) is 7.11 Å². The Bertz CT molecular complexity index is 500. The largest absolute Gasteiger partial charge is 0.469 e. The van der Waals surface area contributed by atoms with Crippen LogP contribution in [0.2, 0.25) is 0 Å². The summed E-state index contributed by atoms with van der Waals surface area (Å²) in [7, 11) is 1.30. The molecular formula is C15H18FNO3. The van der Waals surface area contributed by atoms with Gasteiger partial charge in [-0.15, -0.1) is 0 Å². The number of hydrogen-bond donors (Lipinski definition) is 1. The van der Waals surface area contributed by atoms with Gasteiger partial charge in [0.1, 0.15) is 5.82 Å². The fraction of sp³-hybridized carbons (Fsp3) is 0.467. The van der Waals surface area contributed by atoms with Crippen LogP contribution < -0.4 is 5.32 Å². The van der Waals surface area contributed by atoms with Crippen molar-refractivity contribution in [2.24, 2.45) is 11.8 Å². The van der Waals surface area contributed by atoms with E-state index in [1.54, 1.807) is 12.1 Å². The summed E-state index contributed by atoms with van der Waals surface area (Å²) in [6.45, 7) is 2.01. The summed E-state index contributed by atoms with van der Waals surface area (Å²) in [4.78, 5) is 23.4. The summed E-state index contributed by atoms with van der Waals surface area (Å²) in [6, 6.07) is 5.28. The van der Waals surface area contributed by atoms with Gasteiger partial charge in [0.05, 0.1) is 19.6 Å². The standard InChI is InChI=1S/C15H18FNO3/c1-9-7-12(9)15(19)17-13(8-14(18)20-2)10-3-5-11(16)6-4-10/h3-6,9,12-13H,7-8H2,1-2H3,(H,17,19)/t9-,12-,13+/m1/s1. The molecule has 1 aliphatic carbocycles. The predicted octanol–water partition coefficient (Wildman–Crippen LogP) is 2.20. The van der Waals surface area contributed by atoms with Gasteiger partial charge in [-0.25, -0.2) is 4.39 Å². The highest BCUT2D eigenvalue weighted by atomic mass is 19.1. The number of halogens is 1. The highest BCUT2D eigenvalue weighted by molar-refractivity contribution is 5.82. The molecule has 1 amide bonds. The number of amides is 1. The van der Waals surface area contributed by atoms with Crippen LogP contribution in [-0.4, -0.2) is 19.0 Å². The Morgan fingerprint density at radius 2 is 2.00 bits per heavy atom. The minimum atomic E-state index is -0.483. The van der Waals surface area contributed by atoms with Gasteiger partial charge in [-0.2, -0.15) is 0 Å². The Hall–Kier alpha value is -1.91. The average Bonchev–Trinajstić information content (AvgIpc) is 3.16. The van der Waals surface area contributed by atoms with Gasteiger partial charge in [-0.05, 0) is 30.0 Å². The number of nitrogens with one attached hydrogen (secondary N) is 1. The Morgan fingerprint density at radius 1 is 1.40 bits per heavy atom. The normalized spacial score (nSPS) is 21.9. The first kappa shape index (κ1) is 14.5. The first-order chi connectivity index (χ1) is 9.51. The zero-order valence-corrected chi connectivity index (χ0v) is 11.6. The molecule has 2 rings (SSSR count). The maximum absolute atomic E-state index is 13.0. The van der Waals surface area contributed by atoms with E-state index in [9.17, 15) is 14.0 Å². The van der Waals surface area contributed by atoms with Gasteiger partial charge in [-0.3, -0.25) is 9.59 Å². The smallest absolute Gasteiger partial charge is 0.307 e. The molecule has 0 heterocycles. The van der Waals surface area contributed by atoms with Crippen LogP contribution in [0.15, 0.2) is 24.3 Å². The average molecular weight is 279 g/mol. The molecule has 1 aromatic rings.